The molecule has 0 aromatic heterocycles. The van der Waals surface area contributed by atoms with Crippen molar-refractivity contribution in [3.05, 3.63) is 12.2 Å². The van der Waals surface area contributed by atoms with Gasteiger partial charge in [-0.05, 0) is 13.3 Å². The zero-order valence-corrected chi connectivity index (χ0v) is 5.24. The van der Waals surface area contributed by atoms with Gasteiger partial charge in [0.15, 0.2) is 0 Å². The highest BCUT2D eigenvalue weighted by Crippen LogP contribution is 1.89. The molecule has 0 bridgehead atoms. The fraction of sp³-hybridized carbons (Fsp3) is 0.500. The maximum Gasteiger partial charge on any atom is 0.327 e. The molecule has 0 heterocycles. The van der Waals surface area contributed by atoms with Crippen molar-refractivity contribution in [2.24, 2.45) is 0 Å². The molecule has 0 unspecified atom stereocenters. The number of carboxylic acid groups (broad SMARTS) is 1. The van der Waals surface area contributed by atoms with Gasteiger partial charge in [-0.15, -0.1) is 0 Å². The Balaban J connectivity index is 3.36. The van der Waals surface area contributed by atoms with Gasteiger partial charge < -0.3 is 10.2 Å². The molecule has 0 spiro atoms. The first-order chi connectivity index (χ1) is 4.13. The Kier molecular flexibility index (Phi) is 3.71. The van der Waals surface area contributed by atoms with Crippen LogP contribution < -0.4 is 0 Å². The third-order valence-corrected chi connectivity index (χ3v) is 0.738. The summed E-state index contributed by atoms with van der Waals surface area (Å²) >= 11 is 0. The Bertz CT molecular complexity index is 115. The predicted molar refractivity (Wildman–Crippen MR) is 33.1 cm³/mol. The Morgan fingerprint density at radius 2 is 2.33 bits per heavy atom. The van der Waals surface area contributed by atoms with Crippen LogP contribution in [0.3, 0.4) is 0 Å². The summed E-state index contributed by atoms with van der Waals surface area (Å²) in [6.45, 7) is 1.60. The van der Waals surface area contributed by atoms with Gasteiger partial charge in [0.05, 0.1) is 6.10 Å². The van der Waals surface area contributed by atoms with Crippen LogP contribution in [0.5, 0.6) is 0 Å². The van der Waals surface area contributed by atoms with Crippen LogP contribution in [0.1, 0.15) is 13.3 Å². The number of aliphatic hydroxyl groups excluding tert-OH is 1. The van der Waals surface area contributed by atoms with Crippen LogP contribution in [-0.4, -0.2) is 22.3 Å². The minimum Gasteiger partial charge on any atom is -0.478 e. The van der Waals surface area contributed by atoms with Crippen LogP contribution in [0.25, 0.3) is 0 Å². The van der Waals surface area contributed by atoms with Crippen molar-refractivity contribution in [2.45, 2.75) is 19.4 Å². The van der Waals surface area contributed by atoms with E-state index in [1.165, 1.54) is 6.08 Å². The lowest BCUT2D eigenvalue weighted by atomic mass is 10.3. The lowest BCUT2D eigenvalue weighted by Crippen LogP contribution is -1.96. The van der Waals surface area contributed by atoms with Crippen molar-refractivity contribution < 1.29 is 15.0 Å². The van der Waals surface area contributed by atoms with Crippen LogP contribution in [-0.2, 0) is 4.79 Å². The number of hydrogen-bond acceptors (Lipinski definition) is 2. The summed E-state index contributed by atoms with van der Waals surface area (Å²) in [5, 5.41) is 16.7. The van der Waals surface area contributed by atoms with Crippen molar-refractivity contribution in [3.8, 4) is 0 Å². The van der Waals surface area contributed by atoms with Crippen LogP contribution in [0, 0.1) is 0 Å². The van der Waals surface area contributed by atoms with E-state index in [1.54, 1.807) is 6.92 Å². The van der Waals surface area contributed by atoms with Crippen molar-refractivity contribution in [2.75, 3.05) is 0 Å². The number of carbonyl (C=O) groups is 1. The topological polar surface area (TPSA) is 57.5 Å². The lowest BCUT2D eigenvalue weighted by molar-refractivity contribution is -0.131. The third kappa shape index (κ3) is 7.17. The molecule has 0 amide bonds. The molecule has 9 heavy (non-hydrogen) atoms. The molecule has 0 saturated carbocycles. The van der Waals surface area contributed by atoms with Crippen LogP contribution >= 0.6 is 0 Å². The zero-order chi connectivity index (χ0) is 7.28. The number of carboxylic acids is 1. The molecule has 3 nitrogen and oxygen atoms in total. The van der Waals surface area contributed by atoms with Crippen LogP contribution in [0.4, 0.5) is 0 Å². The zero-order valence-electron chi connectivity index (χ0n) is 5.24. The molecule has 0 aromatic rings. The summed E-state index contributed by atoms with van der Waals surface area (Å²) in [7, 11) is 0. The van der Waals surface area contributed by atoms with E-state index < -0.39 is 12.1 Å². The van der Waals surface area contributed by atoms with Gasteiger partial charge >= 0.3 is 5.97 Å². The molecule has 1 atom stereocenters. The van der Waals surface area contributed by atoms with E-state index in [2.05, 4.69) is 0 Å². The van der Waals surface area contributed by atoms with Gasteiger partial charge in [-0.2, -0.15) is 0 Å². The molecule has 0 fully saturated rings. The summed E-state index contributed by atoms with van der Waals surface area (Å²) in [4.78, 5) is 9.81. The van der Waals surface area contributed by atoms with Crippen LogP contribution in [0.2, 0.25) is 0 Å². The maximum atomic E-state index is 9.81. The highest BCUT2D eigenvalue weighted by molar-refractivity contribution is 5.79. The van der Waals surface area contributed by atoms with Crippen molar-refractivity contribution in [1.29, 1.82) is 0 Å². The van der Waals surface area contributed by atoms with E-state index in [9.17, 15) is 4.79 Å². The number of aliphatic carboxylic acids is 1. The summed E-state index contributed by atoms with van der Waals surface area (Å²) in [5.41, 5.74) is 0. The minimum absolute atomic E-state index is 0.395. The van der Waals surface area contributed by atoms with Crippen LogP contribution in [0.15, 0.2) is 12.2 Å². The number of hydrogen-bond donors (Lipinski definition) is 2. The second-order valence-electron chi connectivity index (χ2n) is 1.83. The lowest BCUT2D eigenvalue weighted by Gasteiger charge is -1.93. The summed E-state index contributed by atoms with van der Waals surface area (Å²) in [6.07, 6.45) is 2.38. The Labute approximate surface area is 53.6 Å². The van der Waals surface area contributed by atoms with E-state index in [4.69, 9.17) is 10.2 Å². The molecular weight excluding hydrogens is 120 g/mol. The Morgan fingerprint density at radius 1 is 1.78 bits per heavy atom. The van der Waals surface area contributed by atoms with E-state index >= 15 is 0 Å². The number of rotatable bonds is 3. The van der Waals surface area contributed by atoms with E-state index in [0.29, 0.717) is 6.42 Å². The van der Waals surface area contributed by atoms with Gasteiger partial charge in [0.1, 0.15) is 0 Å². The molecule has 0 aromatic carbocycles. The first-order valence-corrected chi connectivity index (χ1v) is 2.70. The largest absolute Gasteiger partial charge is 0.478 e. The molecule has 0 aliphatic heterocycles. The van der Waals surface area contributed by atoms with Gasteiger partial charge in [0.25, 0.3) is 0 Å². The normalized spacial score (nSPS) is 14.0. The SMILES string of the molecule is C[C@H](O)C/C=C/C(=O)O. The van der Waals surface area contributed by atoms with E-state index in [0.717, 1.165) is 6.08 Å². The quantitative estimate of drug-likeness (QED) is 0.543. The predicted octanol–water partition coefficient (Wildman–Crippen LogP) is 0.398. The second-order valence-corrected chi connectivity index (χ2v) is 1.83. The monoisotopic (exact) mass is 130 g/mol. The average Bonchev–Trinajstić information content (AvgIpc) is 1.63. The summed E-state index contributed by atoms with van der Waals surface area (Å²) in [6, 6.07) is 0. The molecular formula is C6H10O3. The van der Waals surface area contributed by atoms with E-state index in [1.807, 2.05) is 0 Å². The summed E-state index contributed by atoms with van der Waals surface area (Å²) < 4.78 is 0. The molecule has 52 valence electrons. The third-order valence-electron chi connectivity index (χ3n) is 0.738. The van der Waals surface area contributed by atoms with Gasteiger partial charge in [-0.3, -0.25) is 0 Å². The molecule has 0 rings (SSSR count). The molecule has 3 heteroatoms. The fourth-order valence-electron chi connectivity index (χ4n) is 0.366. The smallest absolute Gasteiger partial charge is 0.327 e. The minimum atomic E-state index is -0.976. The maximum absolute atomic E-state index is 9.81. The van der Waals surface area contributed by atoms with Crippen molar-refractivity contribution >= 4 is 5.97 Å². The molecule has 2 N–H and O–H groups in total. The number of aliphatic hydroxyl groups is 1. The standard InChI is InChI=1S/C6H10O3/c1-5(7)3-2-4-6(8)9/h2,4-5,7H,3H2,1H3,(H,8,9)/b4-2+/t5-/m0/s1. The van der Waals surface area contributed by atoms with Crippen molar-refractivity contribution in [1.82, 2.24) is 0 Å². The Hall–Kier alpha value is -0.830. The average molecular weight is 130 g/mol. The van der Waals surface area contributed by atoms with Crippen molar-refractivity contribution in [3.63, 3.8) is 0 Å². The molecule has 0 radical (unpaired) electrons. The molecule has 0 aliphatic rings. The Morgan fingerprint density at radius 3 is 2.67 bits per heavy atom. The van der Waals surface area contributed by atoms with Gasteiger partial charge in [-0.25, -0.2) is 4.79 Å². The van der Waals surface area contributed by atoms with E-state index in [-0.39, 0.29) is 0 Å². The van der Waals surface area contributed by atoms with Gasteiger partial charge in [0.2, 0.25) is 0 Å². The van der Waals surface area contributed by atoms with Gasteiger partial charge in [0, 0.05) is 6.08 Å². The van der Waals surface area contributed by atoms with Gasteiger partial charge in [-0.1, -0.05) is 6.08 Å². The molecule has 0 saturated heterocycles. The summed E-state index contributed by atoms with van der Waals surface area (Å²) in [5.74, 6) is -0.976. The first kappa shape index (κ1) is 8.17. The highest BCUT2D eigenvalue weighted by atomic mass is 16.4. The fourth-order valence-corrected chi connectivity index (χ4v) is 0.366. The molecule has 0 aliphatic carbocycles. The second kappa shape index (κ2) is 4.09. The first-order valence-electron chi connectivity index (χ1n) is 2.70. The highest BCUT2D eigenvalue weighted by Gasteiger charge is 1.89.